The Kier molecular flexibility index (Phi) is 6.65. The largest absolute Gasteiger partial charge is 0.493 e. The van der Waals surface area contributed by atoms with Gasteiger partial charge in [0, 0.05) is 7.11 Å². The normalized spacial score (nSPS) is 10.2. The van der Waals surface area contributed by atoms with Crippen LogP contribution in [-0.2, 0) is 11.2 Å². The first kappa shape index (κ1) is 18.6. The number of methoxy groups -OCH3 is 4. The summed E-state index contributed by atoms with van der Waals surface area (Å²) in [5, 5.41) is 0. The van der Waals surface area contributed by atoms with E-state index in [0.717, 1.165) is 12.0 Å². The molecule has 25 heavy (non-hydrogen) atoms. The number of hydrogen-bond acceptors (Lipinski definition) is 6. The first-order valence-corrected chi connectivity index (χ1v) is 7.73. The number of hydrogen-bond donors (Lipinski definition) is 0. The Morgan fingerprint density at radius 2 is 1.48 bits per heavy atom. The van der Waals surface area contributed by atoms with E-state index in [1.807, 2.05) is 12.1 Å². The van der Waals surface area contributed by atoms with E-state index in [-0.39, 0.29) is 0 Å². The summed E-state index contributed by atoms with van der Waals surface area (Å²) in [5.41, 5.74) is 1.41. The molecule has 0 spiro atoms. The maximum atomic E-state index is 12.4. The molecule has 0 aliphatic heterocycles. The molecule has 0 aromatic heterocycles. The van der Waals surface area contributed by atoms with Gasteiger partial charge in [-0.2, -0.15) is 0 Å². The van der Waals surface area contributed by atoms with E-state index in [1.54, 1.807) is 31.4 Å². The van der Waals surface area contributed by atoms with E-state index in [1.165, 1.54) is 21.3 Å². The molecule has 0 radical (unpaired) electrons. The van der Waals surface area contributed by atoms with E-state index in [2.05, 4.69) is 0 Å². The predicted octanol–water partition coefficient (Wildman–Crippen LogP) is 3.12. The molecule has 0 bridgehead atoms. The number of carbonyl (C=O) groups is 1. The number of benzene rings is 2. The number of ether oxygens (including phenoxy) is 5. The molecule has 0 heterocycles. The quantitative estimate of drug-likeness (QED) is 0.541. The molecule has 0 saturated heterocycles. The topological polar surface area (TPSA) is 63.2 Å². The highest BCUT2D eigenvalue weighted by atomic mass is 16.5. The molecule has 0 aliphatic rings. The van der Waals surface area contributed by atoms with Crippen molar-refractivity contribution in [3.05, 3.63) is 47.5 Å². The molecule has 0 saturated carbocycles. The van der Waals surface area contributed by atoms with Crippen molar-refractivity contribution in [3.63, 3.8) is 0 Å². The zero-order chi connectivity index (χ0) is 18.2. The van der Waals surface area contributed by atoms with Gasteiger partial charge in [0.2, 0.25) is 5.75 Å². The predicted molar refractivity (Wildman–Crippen MR) is 93.1 cm³/mol. The molecule has 0 N–H and O–H groups in total. The highest BCUT2D eigenvalue weighted by Gasteiger charge is 2.18. The SMILES string of the molecule is COCCc1ccc(OC(=O)c2cc(OC)c(OC)c(OC)c2)cc1. The van der Waals surface area contributed by atoms with E-state index in [0.29, 0.717) is 35.2 Å². The van der Waals surface area contributed by atoms with Gasteiger partial charge in [0.05, 0.1) is 33.5 Å². The first-order valence-electron chi connectivity index (χ1n) is 7.73. The van der Waals surface area contributed by atoms with Crippen LogP contribution >= 0.6 is 0 Å². The van der Waals surface area contributed by atoms with E-state index >= 15 is 0 Å². The molecule has 0 atom stereocenters. The van der Waals surface area contributed by atoms with Gasteiger partial charge in [-0.05, 0) is 36.2 Å². The fraction of sp³-hybridized carbons (Fsp3) is 0.316. The average molecular weight is 346 g/mol. The van der Waals surface area contributed by atoms with Gasteiger partial charge in [-0.15, -0.1) is 0 Å². The van der Waals surface area contributed by atoms with Crippen molar-refractivity contribution in [2.24, 2.45) is 0 Å². The van der Waals surface area contributed by atoms with Gasteiger partial charge in [0.25, 0.3) is 0 Å². The molecule has 0 amide bonds. The molecule has 6 heteroatoms. The van der Waals surface area contributed by atoms with E-state index in [4.69, 9.17) is 23.7 Å². The van der Waals surface area contributed by atoms with Crippen molar-refractivity contribution in [2.75, 3.05) is 35.0 Å². The third kappa shape index (κ3) is 4.64. The van der Waals surface area contributed by atoms with Gasteiger partial charge in [-0.3, -0.25) is 0 Å². The molecule has 2 aromatic carbocycles. The lowest BCUT2D eigenvalue weighted by Gasteiger charge is -2.13. The smallest absolute Gasteiger partial charge is 0.343 e. The summed E-state index contributed by atoms with van der Waals surface area (Å²) in [7, 11) is 6.15. The maximum Gasteiger partial charge on any atom is 0.343 e. The second kappa shape index (κ2) is 8.94. The van der Waals surface area contributed by atoms with Crippen LogP contribution in [0.4, 0.5) is 0 Å². The van der Waals surface area contributed by atoms with Gasteiger partial charge in [0.15, 0.2) is 11.5 Å². The standard InChI is InChI=1S/C19H22O6/c1-21-10-9-13-5-7-15(8-6-13)25-19(20)14-11-16(22-2)18(24-4)17(12-14)23-3/h5-8,11-12H,9-10H2,1-4H3. The second-order valence-corrected chi connectivity index (χ2v) is 5.19. The maximum absolute atomic E-state index is 12.4. The summed E-state index contributed by atoms with van der Waals surface area (Å²) in [6, 6.07) is 10.4. The monoisotopic (exact) mass is 346 g/mol. The molecular formula is C19H22O6. The van der Waals surface area contributed by atoms with Crippen molar-refractivity contribution in [3.8, 4) is 23.0 Å². The Bertz CT molecular complexity index is 683. The van der Waals surface area contributed by atoms with Crippen molar-refractivity contribution in [1.29, 1.82) is 0 Å². The van der Waals surface area contributed by atoms with Crippen molar-refractivity contribution in [2.45, 2.75) is 6.42 Å². The minimum atomic E-state index is -0.510. The third-order valence-corrected chi connectivity index (χ3v) is 3.63. The van der Waals surface area contributed by atoms with Crippen LogP contribution in [0, 0.1) is 0 Å². The van der Waals surface area contributed by atoms with Crippen LogP contribution in [0.25, 0.3) is 0 Å². The number of esters is 1. The molecule has 0 unspecified atom stereocenters. The fourth-order valence-corrected chi connectivity index (χ4v) is 2.31. The molecule has 134 valence electrons. The van der Waals surface area contributed by atoms with Crippen LogP contribution in [0.3, 0.4) is 0 Å². The molecule has 0 aliphatic carbocycles. The van der Waals surface area contributed by atoms with Crippen LogP contribution in [0.5, 0.6) is 23.0 Å². The van der Waals surface area contributed by atoms with Crippen LogP contribution in [-0.4, -0.2) is 41.0 Å². The Hall–Kier alpha value is -2.73. The number of rotatable bonds is 8. The summed E-state index contributed by atoms with van der Waals surface area (Å²) in [5.74, 6) is 1.15. The average Bonchev–Trinajstić information content (AvgIpc) is 2.66. The summed E-state index contributed by atoms with van der Waals surface area (Å²) in [6.07, 6.45) is 0.803. The fourth-order valence-electron chi connectivity index (χ4n) is 2.31. The van der Waals surface area contributed by atoms with Gasteiger partial charge < -0.3 is 23.7 Å². The Balaban J connectivity index is 2.17. The lowest BCUT2D eigenvalue weighted by atomic mass is 10.1. The Morgan fingerprint density at radius 1 is 0.880 bits per heavy atom. The highest BCUT2D eigenvalue weighted by molar-refractivity contribution is 5.92. The van der Waals surface area contributed by atoms with Crippen molar-refractivity contribution < 1.29 is 28.5 Å². The van der Waals surface area contributed by atoms with Crippen molar-refractivity contribution in [1.82, 2.24) is 0 Å². The van der Waals surface area contributed by atoms with Gasteiger partial charge >= 0.3 is 5.97 Å². The van der Waals surface area contributed by atoms with E-state index < -0.39 is 5.97 Å². The summed E-state index contributed by atoms with van der Waals surface area (Å²) in [4.78, 5) is 12.4. The van der Waals surface area contributed by atoms with Crippen LogP contribution < -0.4 is 18.9 Å². The highest BCUT2D eigenvalue weighted by Crippen LogP contribution is 2.38. The van der Waals surface area contributed by atoms with Crippen LogP contribution in [0.1, 0.15) is 15.9 Å². The van der Waals surface area contributed by atoms with Gasteiger partial charge in [-0.1, -0.05) is 12.1 Å². The summed E-state index contributed by atoms with van der Waals surface area (Å²) >= 11 is 0. The van der Waals surface area contributed by atoms with E-state index in [9.17, 15) is 4.79 Å². The Morgan fingerprint density at radius 3 is 1.96 bits per heavy atom. The van der Waals surface area contributed by atoms with Crippen LogP contribution in [0.15, 0.2) is 36.4 Å². The minimum Gasteiger partial charge on any atom is -0.493 e. The first-order chi connectivity index (χ1) is 12.1. The van der Waals surface area contributed by atoms with Gasteiger partial charge in [-0.25, -0.2) is 4.79 Å². The zero-order valence-corrected chi connectivity index (χ0v) is 14.8. The molecular weight excluding hydrogens is 324 g/mol. The summed E-state index contributed by atoms with van der Waals surface area (Å²) in [6.45, 7) is 0.643. The zero-order valence-electron chi connectivity index (χ0n) is 14.8. The number of carbonyl (C=O) groups excluding carboxylic acids is 1. The third-order valence-electron chi connectivity index (χ3n) is 3.63. The summed E-state index contributed by atoms with van der Waals surface area (Å²) < 4.78 is 26.2. The second-order valence-electron chi connectivity index (χ2n) is 5.19. The van der Waals surface area contributed by atoms with Crippen LogP contribution in [0.2, 0.25) is 0 Å². The molecule has 6 nitrogen and oxygen atoms in total. The molecule has 2 rings (SSSR count). The lowest BCUT2D eigenvalue weighted by Crippen LogP contribution is -2.09. The lowest BCUT2D eigenvalue weighted by molar-refractivity contribution is 0.0733. The Labute approximate surface area is 147 Å². The van der Waals surface area contributed by atoms with Gasteiger partial charge in [0.1, 0.15) is 5.75 Å². The molecule has 2 aromatic rings. The van der Waals surface area contributed by atoms with Crippen molar-refractivity contribution >= 4 is 5.97 Å². The molecule has 0 fully saturated rings. The minimum absolute atomic E-state index is 0.304.